The molecule has 0 aromatic heterocycles. The Kier molecular flexibility index (Phi) is 9.94. The van der Waals surface area contributed by atoms with Gasteiger partial charge in [-0.2, -0.15) is 0 Å². The molecule has 9 heteroatoms. The zero-order valence-corrected chi connectivity index (χ0v) is 23.7. The lowest BCUT2D eigenvalue weighted by Crippen LogP contribution is -2.52. The molecular weight excluding hydrogens is 522 g/mol. The number of nitrogens with zero attached hydrogens (tertiary/aromatic N) is 2. The molecule has 0 heterocycles. The predicted molar refractivity (Wildman–Crippen MR) is 152 cm³/mol. The van der Waals surface area contributed by atoms with Gasteiger partial charge in [-0.15, -0.1) is 0 Å². The Morgan fingerprint density at radius 3 is 2.24 bits per heavy atom. The SMILES string of the molecule is CCNC(=O)C(CC)N(Cc1cccc(C)c1)C(=O)CN(c1ccccc1C)S(=O)(=O)c1ccc(Cl)cc1. The minimum absolute atomic E-state index is 0.0129. The summed E-state index contributed by atoms with van der Waals surface area (Å²) in [5.41, 5.74) is 2.95. The van der Waals surface area contributed by atoms with Gasteiger partial charge in [0.2, 0.25) is 11.8 Å². The number of hydrogen-bond acceptors (Lipinski definition) is 4. The first-order valence-electron chi connectivity index (χ1n) is 12.5. The quantitative estimate of drug-likeness (QED) is 0.357. The van der Waals surface area contributed by atoms with Gasteiger partial charge in [0.05, 0.1) is 10.6 Å². The van der Waals surface area contributed by atoms with Crippen molar-refractivity contribution in [2.24, 2.45) is 0 Å². The fraction of sp³-hybridized carbons (Fsp3) is 0.310. The number of sulfonamides is 1. The van der Waals surface area contributed by atoms with Crippen molar-refractivity contribution in [2.45, 2.75) is 51.6 Å². The van der Waals surface area contributed by atoms with E-state index in [1.165, 1.54) is 29.2 Å². The van der Waals surface area contributed by atoms with Gasteiger partial charge in [-0.3, -0.25) is 13.9 Å². The molecule has 0 radical (unpaired) electrons. The van der Waals surface area contributed by atoms with Gasteiger partial charge in [-0.25, -0.2) is 8.42 Å². The van der Waals surface area contributed by atoms with E-state index in [2.05, 4.69) is 5.32 Å². The average molecular weight is 556 g/mol. The summed E-state index contributed by atoms with van der Waals surface area (Å²) < 4.78 is 28.8. The van der Waals surface area contributed by atoms with E-state index in [0.29, 0.717) is 29.2 Å². The summed E-state index contributed by atoms with van der Waals surface area (Å²) in [7, 11) is -4.14. The van der Waals surface area contributed by atoms with Crippen LogP contribution < -0.4 is 9.62 Å². The molecular formula is C29H34ClN3O4S. The lowest BCUT2D eigenvalue weighted by molar-refractivity contribution is -0.140. The summed E-state index contributed by atoms with van der Waals surface area (Å²) in [5.74, 6) is -0.760. The monoisotopic (exact) mass is 555 g/mol. The Bertz CT molecular complexity index is 1380. The topological polar surface area (TPSA) is 86.8 Å². The number of amides is 2. The second-order valence-electron chi connectivity index (χ2n) is 9.08. The van der Waals surface area contributed by atoms with E-state index in [0.717, 1.165) is 15.4 Å². The summed E-state index contributed by atoms with van der Waals surface area (Å²) in [4.78, 5) is 28.5. The first-order chi connectivity index (χ1) is 18.1. The number of rotatable bonds is 11. The van der Waals surface area contributed by atoms with Crippen molar-refractivity contribution >= 4 is 39.1 Å². The van der Waals surface area contributed by atoms with Gasteiger partial charge in [0.15, 0.2) is 0 Å². The molecule has 1 unspecified atom stereocenters. The molecule has 0 saturated carbocycles. The third-order valence-corrected chi connectivity index (χ3v) is 8.26. The van der Waals surface area contributed by atoms with E-state index in [9.17, 15) is 18.0 Å². The van der Waals surface area contributed by atoms with Crippen molar-refractivity contribution in [3.63, 3.8) is 0 Å². The Balaban J connectivity index is 2.07. The number of aryl methyl sites for hydroxylation is 2. The van der Waals surface area contributed by atoms with Crippen LogP contribution in [0.2, 0.25) is 5.02 Å². The maximum Gasteiger partial charge on any atom is 0.264 e. The standard InChI is InChI=1S/C29H34ClN3O4S/c1-5-26(29(35)31-6-2)32(19-23-12-9-10-21(3)18-23)28(34)20-33(27-13-8-7-11-22(27)4)38(36,37)25-16-14-24(30)15-17-25/h7-18,26H,5-6,19-20H2,1-4H3,(H,31,35). The normalized spacial score (nSPS) is 12.0. The largest absolute Gasteiger partial charge is 0.355 e. The summed E-state index contributed by atoms with van der Waals surface area (Å²) in [6.45, 7) is 7.50. The molecule has 1 atom stereocenters. The highest BCUT2D eigenvalue weighted by molar-refractivity contribution is 7.92. The number of para-hydroxylation sites is 1. The molecule has 0 aliphatic carbocycles. The molecule has 38 heavy (non-hydrogen) atoms. The molecule has 0 spiro atoms. The van der Waals surface area contributed by atoms with Crippen LogP contribution in [0.4, 0.5) is 5.69 Å². The molecule has 0 aliphatic heterocycles. The van der Waals surface area contributed by atoms with E-state index in [-0.39, 0.29) is 17.3 Å². The average Bonchev–Trinajstić information content (AvgIpc) is 2.88. The summed E-state index contributed by atoms with van der Waals surface area (Å²) in [6.07, 6.45) is 0.373. The number of anilines is 1. The summed E-state index contributed by atoms with van der Waals surface area (Å²) in [6, 6.07) is 19.8. The fourth-order valence-corrected chi connectivity index (χ4v) is 5.91. The molecule has 3 aromatic carbocycles. The first-order valence-corrected chi connectivity index (χ1v) is 14.4. The Hall–Kier alpha value is -3.36. The number of hydrogen-bond donors (Lipinski definition) is 1. The zero-order chi connectivity index (χ0) is 27.9. The highest BCUT2D eigenvalue weighted by Crippen LogP contribution is 2.28. The van der Waals surface area contributed by atoms with Gasteiger partial charge < -0.3 is 10.2 Å². The maximum absolute atomic E-state index is 14.0. The van der Waals surface area contributed by atoms with Crippen LogP contribution in [0.1, 0.15) is 37.0 Å². The second kappa shape index (κ2) is 12.9. The van der Waals surface area contributed by atoms with Crippen molar-refractivity contribution in [2.75, 3.05) is 17.4 Å². The van der Waals surface area contributed by atoms with Crippen LogP contribution in [0.15, 0.2) is 77.7 Å². The van der Waals surface area contributed by atoms with Crippen molar-refractivity contribution in [3.8, 4) is 0 Å². The second-order valence-corrected chi connectivity index (χ2v) is 11.4. The van der Waals surface area contributed by atoms with Gasteiger partial charge in [-0.05, 0) is 68.7 Å². The van der Waals surface area contributed by atoms with Gasteiger partial charge >= 0.3 is 0 Å². The molecule has 3 aromatic rings. The lowest BCUT2D eigenvalue weighted by Gasteiger charge is -2.33. The number of nitrogens with one attached hydrogen (secondary N) is 1. The summed E-state index contributed by atoms with van der Waals surface area (Å²) in [5, 5.41) is 3.21. The van der Waals surface area contributed by atoms with Crippen molar-refractivity contribution < 1.29 is 18.0 Å². The number of benzene rings is 3. The Morgan fingerprint density at radius 1 is 0.947 bits per heavy atom. The van der Waals surface area contributed by atoms with Gasteiger partial charge in [0, 0.05) is 18.1 Å². The molecule has 0 fully saturated rings. The number of carbonyl (C=O) groups is 2. The first kappa shape index (κ1) is 29.2. The molecule has 3 rings (SSSR count). The van der Waals surface area contributed by atoms with E-state index >= 15 is 0 Å². The number of carbonyl (C=O) groups excluding carboxylic acids is 2. The molecule has 7 nitrogen and oxygen atoms in total. The van der Waals surface area contributed by atoms with Crippen LogP contribution in [0.3, 0.4) is 0 Å². The predicted octanol–water partition coefficient (Wildman–Crippen LogP) is 5.10. The van der Waals surface area contributed by atoms with Crippen molar-refractivity contribution in [1.29, 1.82) is 0 Å². The zero-order valence-electron chi connectivity index (χ0n) is 22.1. The van der Waals surface area contributed by atoms with Gasteiger partial charge in [-0.1, -0.05) is 66.6 Å². The highest BCUT2D eigenvalue weighted by atomic mass is 35.5. The van der Waals surface area contributed by atoms with Crippen molar-refractivity contribution in [1.82, 2.24) is 10.2 Å². The Morgan fingerprint density at radius 2 is 1.63 bits per heavy atom. The van der Waals surface area contributed by atoms with E-state index in [4.69, 9.17) is 11.6 Å². The molecule has 2 amide bonds. The fourth-order valence-electron chi connectivity index (χ4n) is 4.31. The number of likely N-dealkylation sites (N-methyl/N-ethyl adjacent to an activating group) is 1. The molecule has 0 saturated heterocycles. The van der Waals surface area contributed by atoms with Crippen LogP contribution in [0.5, 0.6) is 0 Å². The Labute approximate surface area is 230 Å². The van der Waals surface area contributed by atoms with Crippen LogP contribution in [-0.4, -0.2) is 44.3 Å². The minimum Gasteiger partial charge on any atom is -0.355 e. The maximum atomic E-state index is 14.0. The lowest BCUT2D eigenvalue weighted by atomic mass is 10.1. The van der Waals surface area contributed by atoms with Crippen LogP contribution in [0, 0.1) is 13.8 Å². The number of halogens is 1. The van der Waals surface area contributed by atoms with E-state index in [1.807, 2.05) is 45.0 Å². The van der Waals surface area contributed by atoms with Crippen molar-refractivity contribution in [3.05, 3.63) is 94.5 Å². The highest BCUT2D eigenvalue weighted by Gasteiger charge is 2.34. The molecule has 0 aliphatic rings. The van der Waals surface area contributed by atoms with Crippen LogP contribution in [-0.2, 0) is 26.2 Å². The van der Waals surface area contributed by atoms with Crippen LogP contribution >= 0.6 is 11.6 Å². The third-order valence-electron chi connectivity index (χ3n) is 6.24. The van der Waals surface area contributed by atoms with Gasteiger partial charge in [0.1, 0.15) is 12.6 Å². The third kappa shape index (κ3) is 6.94. The van der Waals surface area contributed by atoms with Crippen LogP contribution in [0.25, 0.3) is 0 Å². The minimum atomic E-state index is -4.14. The molecule has 1 N–H and O–H groups in total. The molecule has 202 valence electrons. The summed E-state index contributed by atoms with van der Waals surface area (Å²) >= 11 is 6.00. The van der Waals surface area contributed by atoms with E-state index in [1.54, 1.807) is 31.2 Å². The molecule has 0 bridgehead atoms. The van der Waals surface area contributed by atoms with Gasteiger partial charge in [0.25, 0.3) is 10.0 Å². The smallest absolute Gasteiger partial charge is 0.264 e. The van der Waals surface area contributed by atoms with E-state index < -0.39 is 28.5 Å².